The van der Waals surface area contributed by atoms with Crippen LogP contribution in [0.1, 0.15) is 11.1 Å². The summed E-state index contributed by atoms with van der Waals surface area (Å²) in [5, 5.41) is 0. The molecule has 0 saturated carbocycles. The van der Waals surface area contributed by atoms with Crippen molar-refractivity contribution < 1.29 is 9.47 Å². The molecule has 0 saturated heterocycles. The average molecular weight is 347 g/mol. The van der Waals surface area contributed by atoms with Crippen molar-refractivity contribution in [2.24, 2.45) is 0 Å². The largest absolute Gasteiger partial charge is 0.489 e. The average Bonchev–Trinajstić information content (AvgIpc) is 2.72. The Balaban J connectivity index is 1.60. The summed E-state index contributed by atoms with van der Waals surface area (Å²) in [6.45, 7) is 1.33. The molecule has 3 nitrogen and oxygen atoms in total. The smallest absolute Gasteiger partial charge is 0.119 e. The third-order valence-corrected chi connectivity index (χ3v) is 4.39. The Labute approximate surface area is 155 Å². The predicted octanol–water partition coefficient (Wildman–Crippen LogP) is 5.22. The van der Waals surface area contributed by atoms with Crippen LogP contribution < -0.4 is 9.64 Å². The summed E-state index contributed by atoms with van der Waals surface area (Å²) in [7, 11) is 3.80. The normalized spacial score (nSPS) is 10.5. The Bertz CT molecular complexity index is 783. The zero-order chi connectivity index (χ0) is 18.2. The van der Waals surface area contributed by atoms with E-state index in [0.717, 1.165) is 30.2 Å². The highest BCUT2D eigenvalue weighted by atomic mass is 16.5. The van der Waals surface area contributed by atoms with E-state index in [4.69, 9.17) is 9.47 Å². The molecule has 3 aromatic rings. The maximum atomic E-state index is 5.86. The van der Waals surface area contributed by atoms with Crippen LogP contribution in [0, 0.1) is 0 Å². The summed E-state index contributed by atoms with van der Waals surface area (Å²) < 4.78 is 11.0. The summed E-state index contributed by atoms with van der Waals surface area (Å²) in [6, 6.07) is 27.0. The van der Waals surface area contributed by atoms with Gasteiger partial charge < -0.3 is 14.4 Å². The highest BCUT2D eigenvalue weighted by molar-refractivity contribution is 5.63. The Hall–Kier alpha value is -2.78. The van der Waals surface area contributed by atoms with E-state index >= 15 is 0 Å². The molecule has 0 aliphatic carbocycles. The van der Waals surface area contributed by atoms with E-state index in [1.807, 2.05) is 30.3 Å². The Morgan fingerprint density at radius 3 is 1.96 bits per heavy atom. The van der Waals surface area contributed by atoms with Crippen LogP contribution in [0.25, 0.3) is 0 Å². The summed E-state index contributed by atoms with van der Waals surface area (Å²) in [5.74, 6) is 0.876. The first-order valence-corrected chi connectivity index (χ1v) is 8.84. The maximum absolute atomic E-state index is 5.86. The minimum Gasteiger partial charge on any atom is -0.489 e. The van der Waals surface area contributed by atoms with Crippen molar-refractivity contribution >= 4 is 11.4 Å². The van der Waals surface area contributed by atoms with Crippen LogP contribution in [0.4, 0.5) is 11.4 Å². The topological polar surface area (TPSA) is 21.7 Å². The van der Waals surface area contributed by atoms with Gasteiger partial charge in [0.25, 0.3) is 0 Å². The second-order valence-corrected chi connectivity index (χ2v) is 6.24. The lowest BCUT2D eigenvalue weighted by Crippen LogP contribution is -2.09. The van der Waals surface area contributed by atoms with Gasteiger partial charge >= 0.3 is 0 Å². The SMILES string of the molecule is COCCc1ccc(N(C)c2ccc(OCc3ccccc3)cc2)cc1. The van der Waals surface area contributed by atoms with Gasteiger partial charge in [0.15, 0.2) is 0 Å². The molecule has 0 aliphatic rings. The molecule has 0 radical (unpaired) electrons. The predicted molar refractivity (Wildman–Crippen MR) is 107 cm³/mol. The zero-order valence-corrected chi connectivity index (χ0v) is 15.4. The summed E-state index contributed by atoms with van der Waals surface area (Å²) in [6.07, 6.45) is 0.938. The Morgan fingerprint density at radius 2 is 1.35 bits per heavy atom. The first-order valence-electron chi connectivity index (χ1n) is 8.84. The van der Waals surface area contributed by atoms with E-state index in [-0.39, 0.29) is 0 Å². The molecular weight excluding hydrogens is 322 g/mol. The van der Waals surface area contributed by atoms with Crippen LogP contribution in [-0.2, 0) is 17.8 Å². The number of hydrogen-bond acceptors (Lipinski definition) is 3. The second-order valence-electron chi connectivity index (χ2n) is 6.24. The first kappa shape index (κ1) is 18.0. The van der Waals surface area contributed by atoms with Crippen LogP contribution in [0.3, 0.4) is 0 Å². The van der Waals surface area contributed by atoms with Gasteiger partial charge in [0.1, 0.15) is 12.4 Å². The van der Waals surface area contributed by atoms with E-state index in [2.05, 4.69) is 60.5 Å². The molecule has 0 spiro atoms. The van der Waals surface area contributed by atoms with Crippen molar-refractivity contribution in [3.05, 3.63) is 90.0 Å². The van der Waals surface area contributed by atoms with Crippen LogP contribution in [0.5, 0.6) is 5.75 Å². The molecule has 0 aromatic heterocycles. The van der Waals surface area contributed by atoms with Crippen LogP contribution >= 0.6 is 0 Å². The molecule has 0 N–H and O–H groups in total. The fourth-order valence-corrected chi connectivity index (χ4v) is 2.76. The van der Waals surface area contributed by atoms with E-state index in [1.54, 1.807) is 7.11 Å². The number of nitrogens with zero attached hydrogens (tertiary/aromatic N) is 1. The number of anilines is 2. The Kier molecular flexibility index (Phi) is 6.29. The van der Waals surface area contributed by atoms with Gasteiger partial charge in [-0.15, -0.1) is 0 Å². The quantitative estimate of drug-likeness (QED) is 0.557. The number of ether oxygens (including phenoxy) is 2. The first-order chi connectivity index (χ1) is 12.8. The molecule has 0 aliphatic heterocycles. The molecule has 0 amide bonds. The minimum atomic E-state index is 0.582. The van der Waals surface area contributed by atoms with Crippen LogP contribution in [-0.4, -0.2) is 20.8 Å². The minimum absolute atomic E-state index is 0.582. The number of rotatable bonds is 8. The van der Waals surface area contributed by atoms with Gasteiger partial charge in [-0.1, -0.05) is 42.5 Å². The van der Waals surface area contributed by atoms with Gasteiger partial charge in [-0.05, 0) is 53.9 Å². The van der Waals surface area contributed by atoms with Gasteiger partial charge in [-0.3, -0.25) is 0 Å². The van der Waals surface area contributed by atoms with Crippen molar-refractivity contribution in [3.8, 4) is 5.75 Å². The molecule has 0 heterocycles. The van der Waals surface area contributed by atoms with E-state index < -0.39 is 0 Å². The maximum Gasteiger partial charge on any atom is 0.119 e. The van der Waals surface area contributed by atoms with Crippen LogP contribution in [0.2, 0.25) is 0 Å². The van der Waals surface area contributed by atoms with Crippen molar-refractivity contribution in [1.29, 1.82) is 0 Å². The second kappa shape index (κ2) is 9.07. The van der Waals surface area contributed by atoms with Crippen molar-refractivity contribution in [3.63, 3.8) is 0 Å². The van der Waals surface area contributed by atoms with E-state index in [1.165, 1.54) is 11.1 Å². The molecule has 0 fully saturated rings. The lowest BCUT2D eigenvalue weighted by molar-refractivity contribution is 0.202. The fourth-order valence-electron chi connectivity index (χ4n) is 2.76. The van der Waals surface area contributed by atoms with Gasteiger partial charge in [0.05, 0.1) is 6.61 Å². The van der Waals surface area contributed by atoms with E-state index in [0.29, 0.717) is 6.61 Å². The summed E-state index contributed by atoms with van der Waals surface area (Å²) >= 11 is 0. The van der Waals surface area contributed by atoms with E-state index in [9.17, 15) is 0 Å². The monoisotopic (exact) mass is 347 g/mol. The Morgan fingerprint density at radius 1 is 0.731 bits per heavy atom. The number of benzene rings is 3. The lowest BCUT2D eigenvalue weighted by Gasteiger charge is -2.20. The highest BCUT2D eigenvalue weighted by Crippen LogP contribution is 2.26. The fraction of sp³-hybridized carbons (Fsp3) is 0.217. The zero-order valence-electron chi connectivity index (χ0n) is 15.4. The summed E-state index contributed by atoms with van der Waals surface area (Å²) in [4.78, 5) is 2.17. The molecular formula is C23H25NO2. The number of hydrogen-bond donors (Lipinski definition) is 0. The van der Waals surface area contributed by atoms with Crippen LogP contribution in [0.15, 0.2) is 78.9 Å². The lowest BCUT2D eigenvalue weighted by atomic mass is 10.1. The van der Waals surface area contributed by atoms with Crippen molar-refractivity contribution in [1.82, 2.24) is 0 Å². The van der Waals surface area contributed by atoms with Gasteiger partial charge in [0.2, 0.25) is 0 Å². The molecule has 0 bridgehead atoms. The summed E-state index contributed by atoms with van der Waals surface area (Å²) in [5.41, 5.74) is 4.74. The molecule has 0 atom stereocenters. The van der Waals surface area contributed by atoms with Gasteiger partial charge in [-0.2, -0.15) is 0 Å². The molecule has 26 heavy (non-hydrogen) atoms. The van der Waals surface area contributed by atoms with Crippen molar-refractivity contribution in [2.45, 2.75) is 13.0 Å². The molecule has 3 heteroatoms. The highest BCUT2D eigenvalue weighted by Gasteiger charge is 2.05. The number of methoxy groups -OCH3 is 1. The molecule has 3 rings (SSSR count). The third kappa shape index (κ3) is 4.87. The molecule has 3 aromatic carbocycles. The standard InChI is InChI=1S/C23H25NO2/c1-24(21-10-8-19(9-11-21)16-17-25-2)22-12-14-23(15-13-22)26-18-20-6-4-3-5-7-20/h3-15H,16-18H2,1-2H3. The van der Waals surface area contributed by atoms with Crippen molar-refractivity contribution in [2.75, 3.05) is 25.7 Å². The van der Waals surface area contributed by atoms with Gasteiger partial charge in [-0.25, -0.2) is 0 Å². The molecule has 0 unspecified atom stereocenters. The van der Waals surface area contributed by atoms with Gasteiger partial charge in [0, 0.05) is 25.5 Å². The third-order valence-electron chi connectivity index (χ3n) is 4.39. The molecule has 134 valence electrons.